The zero-order valence-corrected chi connectivity index (χ0v) is 16.2. The van der Waals surface area contributed by atoms with Crippen molar-refractivity contribution >= 4 is 23.3 Å². The van der Waals surface area contributed by atoms with Crippen LogP contribution in [-0.4, -0.2) is 51.9 Å². The Hall–Kier alpha value is -2.13. The summed E-state index contributed by atoms with van der Waals surface area (Å²) in [7, 11) is 0. The van der Waals surface area contributed by atoms with E-state index in [0.717, 1.165) is 0 Å². The second-order valence-electron chi connectivity index (χ2n) is 6.73. The Morgan fingerprint density at radius 2 is 2.07 bits per heavy atom. The van der Waals surface area contributed by atoms with E-state index in [9.17, 15) is 18.0 Å². The number of alkyl halides is 4. The van der Waals surface area contributed by atoms with Crippen molar-refractivity contribution in [3.05, 3.63) is 41.4 Å². The Morgan fingerprint density at radius 1 is 1.32 bits per heavy atom. The summed E-state index contributed by atoms with van der Waals surface area (Å²) < 4.78 is 39.1. The van der Waals surface area contributed by atoms with Gasteiger partial charge in [-0.3, -0.25) is 9.63 Å². The molecule has 0 bridgehead atoms. The molecule has 2 heterocycles. The maximum Gasteiger partial charge on any atom is 0.451 e. The molecule has 1 fully saturated rings. The summed E-state index contributed by atoms with van der Waals surface area (Å²) >= 11 is 6.09. The summed E-state index contributed by atoms with van der Waals surface area (Å²) in [5, 5.41) is 1.06. The van der Waals surface area contributed by atoms with Crippen LogP contribution in [0.1, 0.15) is 24.9 Å². The summed E-state index contributed by atoms with van der Waals surface area (Å²) in [6, 6.07) is 1.42. The van der Waals surface area contributed by atoms with E-state index < -0.39 is 18.1 Å². The van der Waals surface area contributed by atoms with E-state index in [4.69, 9.17) is 16.4 Å². The van der Waals surface area contributed by atoms with Crippen LogP contribution in [0.15, 0.2) is 29.9 Å². The third kappa shape index (κ3) is 4.82. The Kier molecular flexibility index (Phi) is 5.95. The van der Waals surface area contributed by atoms with Gasteiger partial charge in [0.1, 0.15) is 6.10 Å². The van der Waals surface area contributed by atoms with Gasteiger partial charge < -0.3 is 4.90 Å². The number of allylic oxidation sites excluding steroid dienone is 2. The number of hydroxylamine groups is 1. The second-order valence-corrected chi connectivity index (χ2v) is 7.29. The molecule has 1 amide bonds. The first-order valence-electron chi connectivity index (χ1n) is 8.82. The van der Waals surface area contributed by atoms with Crippen molar-refractivity contribution in [2.24, 2.45) is 0 Å². The summed E-state index contributed by atoms with van der Waals surface area (Å²) in [6.07, 6.45) is 0.867. The minimum atomic E-state index is -4.65. The number of nitrogens with zero attached hydrogens (tertiary/aromatic N) is 4. The third-order valence-electron chi connectivity index (χ3n) is 4.26. The monoisotopic (exact) mass is 416 g/mol. The Labute approximate surface area is 165 Å². The molecule has 1 aliphatic carbocycles. The fourth-order valence-corrected chi connectivity index (χ4v) is 3.28. The van der Waals surface area contributed by atoms with Crippen LogP contribution in [0.25, 0.3) is 0 Å². The van der Waals surface area contributed by atoms with Gasteiger partial charge in [-0.1, -0.05) is 18.2 Å². The largest absolute Gasteiger partial charge is 0.451 e. The maximum absolute atomic E-state index is 13.0. The SMILES string of the molecule is Cc1cc(N2CCN(C(=O)C3=CC(Cl)CC=C3)C[C@H](C)O2)nc(C(F)(F)F)n1. The average Bonchev–Trinajstić information content (AvgIpc) is 2.81. The standard InChI is InChI=1S/C18H20ClF3N4O2/c1-11-8-15(24-17(23-11)18(20,21)22)26-7-6-25(10-12(2)28-26)16(27)13-4-3-5-14(19)9-13/h3-4,8-9,12,14H,5-7,10H2,1-2H3/t12-,14?/m0/s1. The van der Waals surface area contributed by atoms with Crippen molar-refractivity contribution in [1.29, 1.82) is 0 Å². The van der Waals surface area contributed by atoms with Gasteiger partial charge in [0.05, 0.1) is 11.9 Å². The molecular formula is C18H20ClF3N4O2. The van der Waals surface area contributed by atoms with Crippen molar-refractivity contribution in [2.75, 3.05) is 24.7 Å². The van der Waals surface area contributed by atoms with Gasteiger partial charge in [-0.15, -0.1) is 11.6 Å². The highest BCUT2D eigenvalue weighted by Crippen LogP contribution is 2.28. The second kappa shape index (κ2) is 8.08. The smallest absolute Gasteiger partial charge is 0.334 e. The number of aryl methyl sites for hydroxylation is 1. The molecule has 0 spiro atoms. The zero-order chi connectivity index (χ0) is 20.5. The lowest BCUT2D eigenvalue weighted by Crippen LogP contribution is -2.37. The van der Waals surface area contributed by atoms with Gasteiger partial charge in [0.25, 0.3) is 5.91 Å². The first-order valence-corrected chi connectivity index (χ1v) is 9.26. The molecule has 152 valence electrons. The highest BCUT2D eigenvalue weighted by molar-refractivity contribution is 6.22. The molecule has 1 saturated heterocycles. The molecule has 2 aliphatic rings. The van der Waals surface area contributed by atoms with Crippen LogP contribution < -0.4 is 5.06 Å². The molecule has 0 N–H and O–H groups in total. The number of aromatic nitrogens is 2. The topological polar surface area (TPSA) is 58.6 Å². The molecule has 1 aromatic rings. The highest BCUT2D eigenvalue weighted by atomic mass is 35.5. The van der Waals surface area contributed by atoms with E-state index in [0.29, 0.717) is 18.5 Å². The highest BCUT2D eigenvalue weighted by Gasteiger charge is 2.36. The van der Waals surface area contributed by atoms with Gasteiger partial charge in [0, 0.05) is 30.4 Å². The lowest BCUT2D eigenvalue weighted by Gasteiger charge is -2.23. The van der Waals surface area contributed by atoms with Crippen LogP contribution in [0.3, 0.4) is 0 Å². The van der Waals surface area contributed by atoms with Crippen LogP contribution in [0.4, 0.5) is 19.0 Å². The van der Waals surface area contributed by atoms with Gasteiger partial charge in [-0.25, -0.2) is 15.0 Å². The van der Waals surface area contributed by atoms with Crippen LogP contribution in [0, 0.1) is 6.92 Å². The number of carbonyl (C=O) groups is 1. The number of hydrogen-bond acceptors (Lipinski definition) is 5. The van der Waals surface area contributed by atoms with Crippen molar-refractivity contribution < 1.29 is 22.8 Å². The Bertz CT molecular complexity index is 813. The molecule has 1 aromatic heterocycles. The van der Waals surface area contributed by atoms with Crippen LogP contribution >= 0.6 is 11.6 Å². The Morgan fingerprint density at radius 3 is 2.75 bits per heavy atom. The van der Waals surface area contributed by atoms with E-state index in [1.165, 1.54) is 18.1 Å². The molecule has 2 atom stereocenters. The summed E-state index contributed by atoms with van der Waals surface area (Å²) in [4.78, 5) is 27.2. The first-order chi connectivity index (χ1) is 13.1. The predicted octanol–water partition coefficient (Wildman–Crippen LogP) is 3.27. The number of rotatable bonds is 2. The molecule has 3 rings (SSSR count). The molecule has 6 nitrogen and oxygen atoms in total. The number of halogens is 4. The molecule has 10 heteroatoms. The number of hydrogen-bond donors (Lipinski definition) is 0. The molecule has 1 unspecified atom stereocenters. The molecule has 0 radical (unpaired) electrons. The van der Waals surface area contributed by atoms with E-state index in [1.54, 1.807) is 24.0 Å². The molecule has 1 aliphatic heterocycles. The van der Waals surface area contributed by atoms with E-state index in [2.05, 4.69) is 9.97 Å². The van der Waals surface area contributed by atoms with Crippen LogP contribution in [0.5, 0.6) is 0 Å². The number of carbonyl (C=O) groups excluding carboxylic acids is 1. The zero-order valence-electron chi connectivity index (χ0n) is 15.4. The van der Waals surface area contributed by atoms with E-state index in [-0.39, 0.29) is 35.9 Å². The minimum absolute atomic E-state index is 0.0126. The van der Waals surface area contributed by atoms with E-state index in [1.807, 2.05) is 6.08 Å². The van der Waals surface area contributed by atoms with Crippen molar-refractivity contribution in [2.45, 2.75) is 37.9 Å². The lowest BCUT2D eigenvalue weighted by molar-refractivity contribution is -0.145. The first kappa shape index (κ1) is 20.6. The maximum atomic E-state index is 13.0. The molecule has 0 aromatic carbocycles. The quantitative estimate of drug-likeness (QED) is 0.692. The fourth-order valence-electron chi connectivity index (χ4n) is 3.04. The van der Waals surface area contributed by atoms with Gasteiger partial charge in [0.2, 0.25) is 5.82 Å². The van der Waals surface area contributed by atoms with E-state index >= 15 is 0 Å². The number of amides is 1. The summed E-state index contributed by atoms with van der Waals surface area (Å²) in [5.41, 5.74) is 0.681. The van der Waals surface area contributed by atoms with Gasteiger partial charge in [-0.2, -0.15) is 13.2 Å². The van der Waals surface area contributed by atoms with Gasteiger partial charge >= 0.3 is 6.18 Å². The fraction of sp³-hybridized carbons (Fsp3) is 0.500. The lowest BCUT2D eigenvalue weighted by atomic mass is 10.1. The Balaban J connectivity index is 1.78. The number of anilines is 1. The molecule has 0 saturated carbocycles. The van der Waals surface area contributed by atoms with Crippen molar-refractivity contribution in [3.63, 3.8) is 0 Å². The van der Waals surface area contributed by atoms with Crippen molar-refractivity contribution in [1.82, 2.24) is 14.9 Å². The van der Waals surface area contributed by atoms with Crippen LogP contribution in [-0.2, 0) is 15.8 Å². The van der Waals surface area contributed by atoms with Gasteiger partial charge in [-0.05, 0) is 20.3 Å². The van der Waals surface area contributed by atoms with Crippen LogP contribution in [0.2, 0.25) is 0 Å². The average molecular weight is 417 g/mol. The third-order valence-corrected chi connectivity index (χ3v) is 4.56. The molecular weight excluding hydrogens is 397 g/mol. The normalized spacial score (nSPS) is 23.4. The van der Waals surface area contributed by atoms with Crippen molar-refractivity contribution in [3.8, 4) is 0 Å². The minimum Gasteiger partial charge on any atom is -0.334 e. The van der Waals surface area contributed by atoms with Gasteiger partial charge in [0.15, 0.2) is 5.82 Å². The molecule has 28 heavy (non-hydrogen) atoms. The summed E-state index contributed by atoms with van der Waals surface area (Å²) in [6.45, 7) is 3.94. The summed E-state index contributed by atoms with van der Waals surface area (Å²) in [5.74, 6) is -1.39. The predicted molar refractivity (Wildman–Crippen MR) is 97.7 cm³/mol.